The second-order valence-corrected chi connectivity index (χ2v) is 3.64. The molecular weight excluding hydrogens is 191 g/mol. The van der Waals surface area contributed by atoms with Crippen LogP contribution in [0.15, 0.2) is 24.3 Å². The number of rotatable bonds is 2. The van der Waals surface area contributed by atoms with Crippen molar-refractivity contribution in [3.63, 3.8) is 0 Å². The molecule has 0 aliphatic rings. The molecule has 2 heteroatoms. The number of hydrogen-bond donors (Lipinski definition) is 0. The molecule has 0 aromatic heterocycles. The van der Waals surface area contributed by atoms with Gasteiger partial charge in [-0.1, -0.05) is 0 Å². The van der Waals surface area contributed by atoms with Gasteiger partial charge in [0.05, 0.1) is 0 Å². The number of carbonyl (C=O) groups is 1. The van der Waals surface area contributed by atoms with E-state index in [0.29, 0.717) is 15.0 Å². The second kappa shape index (κ2) is 3.55. The van der Waals surface area contributed by atoms with Gasteiger partial charge in [0.15, 0.2) is 0 Å². The van der Waals surface area contributed by atoms with E-state index in [1.54, 1.807) is 0 Å². The predicted octanol–water partition coefficient (Wildman–Crippen LogP) is 0.877. The molecule has 0 amide bonds. The molecule has 0 heterocycles. The van der Waals surface area contributed by atoms with Crippen molar-refractivity contribution >= 4 is 25.7 Å². The van der Waals surface area contributed by atoms with Gasteiger partial charge < -0.3 is 0 Å². The summed E-state index contributed by atoms with van der Waals surface area (Å²) in [5.74, 6) is 2.11. The molecule has 0 spiro atoms. The van der Waals surface area contributed by atoms with Crippen LogP contribution in [0.2, 0.25) is 5.82 Å². The van der Waals surface area contributed by atoms with E-state index < -0.39 is 0 Å². The zero-order valence-electron chi connectivity index (χ0n) is 5.70. The molecule has 1 aromatic rings. The van der Waals surface area contributed by atoms with Crippen LogP contribution < -0.4 is 4.46 Å². The van der Waals surface area contributed by atoms with Gasteiger partial charge in [0, 0.05) is 0 Å². The third kappa shape index (κ3) is 1.47. The molecule has 0 saturated carbocycles. The van der Waals surface area contributed by atoms with Crippen molar-refractivity contribution in [3.05, 3.63) is 29.8 Å². The van der Waals surface area contributed by atoms with Gasteiger partial charge in [-0.25, -0.2) is 0 Å². The molecule has 0 aliphatic heterocycles. The molecule has 0 bridgehead atoms. The Balaban J connectivity index is 3.08. The zero-order valence-corrected chi connectivity index (χ0v) is 7.42. The average Bonchev–Trinajstić information content (AvgIpc) is 2.04. The van der Waals surface area contributed by atoms with Gasteiger partial charge in [-0.3, -0.25) is 0 Å². The van der Waals surface area contributed by atoms with E-state index in [9.17, 15) is 4.79 Å². The minimum absolute atomic E-state index is 0.428. The molecule has 0 atom stereocenters. The minimum atomic E-state index is 0.428. The van der Waals surface area contributed by atoms with Crippen molar-refractivity contribution in [3.8, 4) is 0 Å². The Morgan fingerprint density at radius 2 is 2.10 bits per heavy atom. The first-order valence-electron chi connectivity index (χ1n) is 2.96. The van der Waals surface area contributed by atoms with Crippen molar-refractivity contribution in [1.82, 2.24) is 0 Å². The maximum atomic E-state index is 10.4. The van der Waals surface area contributed by atoms with Crippen LogP contribution in [-0.2, 0) is 0 Å². The molecule has 52 valence electrons. The summed E-state index contributed by atoms with van der Waals surface area (Å²) in [6.07, 6.45) is 0.917. The maximum absolute atomic E-state index is 10.4. The van der Waals surface area contributed by atoms with E-state index in [0.717, 1.165) is 11.8 Å². The fourth-order valence-electron chi connectivity index (χ4n) is 0.764. The monoisotopic (exact) mass is 200 g/mol. The van der Waals surface area contributed by atoms with Crippen LogP contribution in [0, 0.1) is 0 Å². The van der Waals surface area contributed by atoms with Gasteiger partial charge >= 0.3 is 66.2 Å². The molecule has 0 radical (unpaired) electrons. The van der Waals surface area contributed by atoms with Crippen LogP contribution in [0.4, 0.5) is 0 Å². The van der Waals surface area contributed by atoms with Gasteiger partial charge in [-0.2, -0.15) is 0 Å². The van der Waals surface area contributed by atoms with Gasteiger partial charge in [0.25, 0.3) is 0 Å². The molecular formula is C8H8OSe. The van der Waals surface area contributed by atoms with Gasteiger partial charge in [-0.05, 0) is 0 Å². The van der Waals surface area contributed by atoms with Crippen LogP contribution >= 0.6 is 0 Å². The topological polar surface area (TPSA) is 17.1 Å². The van der Waals surface area contributed by atoms with Crippen molar-refractivity contribution in [2.24, 2.45) is 0 Å². The molecule has 0 aliphatic carbocycles. The first-order chi connectivity index (χ1) is 4.88. The van der Waals surface area contributed by atoms with E-state index >= 15 is 0 Å². The van der Waals surface area contributed by atoms with E-state index in [-0.39, 0.29) is 0 Å². The Bertz CT molecular complexity index is 232. The SMILES string of the molecule is C[Se]c1ccccc1C=O. The third-order valence-corrected chi connectivity index (χ3v) is 2.97. The van der Waals surface area contributed by atoms with Gasteiger partial charge in [0.2, 0.25) is 0 Å². The number of aldehydes is 1. The fraction of sp³-hybridized carbons (Fsp3) is 0.125. The number of benzene rings is 1. The average molecular weight is 199 g/mol. The fourth-order valence-corrected chi connectivity index (χ4v) is 1.95. The first-order valence-corrected chi connectivity index (χ1v) is 5.53. The summed E-state index contributed by atoms with van der Waals surface area (Å²) >= 11 is 0.428. The van der Waals surface area contributed by atoms with Crippen molar-refractivity contribution < 1.29 is 4.79 Å². The molecule has 1 nitrogen and oxygen atoms in total. The molecule has 0 N–H and O–H groups in total. The summed E-state index contributed by atoms with van der Waals surface area (Å²) in [5.41, 5.74) is 0.838. The first kappa shape index (κ1) is 7.52. The Morgan fingerprint density at radius 1 is 1.40 bits per heavy atom. The summed E-state index contributed by atoms with van der Waals surface area (Å²) in [5, 5.41) is 0. The van der Waals surface area contributed by atoms with Crippen LogP contribution in [0.25, 0.3) is 0 Å². The summed E-state index contributed by atoms with van der Waals surface area (Å²) in [6, 6.07) is 7.71. The van der Waals surface area contributed by atoms with E-state index in [1.165, 1.54) is 4.46 Å². The van der Waals surface area contributed by atoms with Crippen molar-refractivity contribution in [2.45, 2.75) is 5.82 Å². The van der Waals surface area contributed by atoms with Crippen LogP contribution in [0.1, 0.15) is 10.4 Å². The van der Waals surface area contributed by atoms with E-state index in [2.05, 4.69) is 5.82 Å². The van der Waals surface area contributed by atoms with Crippen LogP contribution in [0.3, 0.4) is 0 Å². The van der Waals surface area contributed by atoms with Gasteiger partial charge in [-0.15, -0.1) is 0 Å². The van der Waals surface area contributed by atoms with Crippen molar-refractivity contribution in [1.29, 1.82) is 0 Å². The standard InChI is InChI=1S/C8H8OSe/c1-10-8-5-3-2-4-7(8)6-9/h2-6H,1H3. The number of hydrogen-bond acceptors (Lipinski definition) is 1. The van der Waals surface area contributed by atoms with E-state index in [4.69, 9.17) is 0 Å². The Hall–Kier alpha value is -0.591. The Kier molecular flexibility index (Phi) is 2.67. The van der Waals surface area contributed by atoms with Gasteiger partial charge in [0.1, 0.15) is 0 Å². The normalized spacial score (nSPS) is 9.30. The molecule has 1 rings (SSSR count). The Morgan fingerprint density at radius 3 is 2.60 bits per heavy atom. The predicted molar refractivity (Wildman–Crippen MR) is 43.1 cm³/mol. The summed E-state index contributed by atoms with van der Waals surface area (Å²) < 4.78 is 1.19. The molecule has 0 saturated heterocycles. The summed E-state index contributed by atoms with van der Waals surface area (Å²) in [7, 11) is 0. The van der Waals surface area contributed by atoms with Crippen LogP contribution in [0.5, 0.6) is 0 Å². The zero-order chi connectivity index (χ0) is 7.40. The molecule has 10 heavy (non-hydrogen) atoms. The van der Waals surface area contributed by atoms with E-state index in [1.807, 2.05) is 24.3 Å². The summed E-state index contributed by atoms with van der Waals surface area (Å²) in [6.45, 7) is 0. The third-order valence-electron chi connectivity index (χ3n) is 1.27. The number of carbonyl (C=O) groups excluding carboxylic acids is 1. The van der Waals surface area contributed by atoms with Crippen molar-refractivity contribution in [2.75, 3.05) is 0 Å². The van der Waals surface area contributed by atoms with Crippen LogP contribution in [-0.4, -0.2) is 21.2 Å². The second-order valence-electron chi connectivity index (χ2n) is 1.86. The Labute approximate surface area is 66.6 Å². The summed E-state index contributed by atoms with van der Waals surface area (Å²) in [4.78, 5) is 10.4. The molecule has 0 fully saturated rings. The molecule has 1 aromatic carbocycles. The molecule has 0 unspecified atom stereocenters. The quantitative estimate of drug-likeness (QED) is 0.510.